The van der Waals surface area contributed by atoms with E-state index in [0.29, 0.717) is 0 Å². The average Bonchev–Trinajstić information content (AvgIpc) is 3.08. The molecule has 2 N–H and O–H groups in total. The van der Waals surface area contributed by atoms with E-state index in [-0.39, 0.29) is 24.6 Å². The van der Waals surface area contributed by atoms with Crippen LogP contribution >= 0.6 is 0 Å². The molecule has 2 aromatic rings. The summed E-state index contributed by atoms with van der Waals surface area (Å²) in [5, 5.41) is 0. The van der Waals surface area contributed by atoms with Crippen LogP contribution in [0.4, 0.5) is 5.69 Å². The first kappa shape index (κ1) is 17.6. The van der Waals surface area contributed by atoms with Crippen molar-refractivity contribution in [3.63, 3.8) is 0 Å². The standard InChI is InChI=1S/C19H20N4O3/c1-2-13-6-5-7-15(10-13)23-12-14(11-17(23)24)18(25)21-22-19(26)16-8-3-4-9-20-16/h3-10,14H,2,11-12H2,1H3,(H,21,25)(H,22,26). The number of rotatable bonds is 4. The number of carbonyl (C=O) groups is 3. The first-order valence-electron chi connectivity index (χ1n) is 8.49. The van der Waals surface area contributed by atoms with Crippen molar-refractivity contribution in [3.8, 4) is 0 Å². The number of benzene rings is 1. The fourth-order valence-corrected chi connectivity index (χ4v) is 2.86. The molecule has 1 aromatic carbocycles. The minimum absolute atomic E-state index is 0.102. The van der Waals surface area contributed by atoms with Gasteiger partial charge in [0.2, 0.25) is 11.8 Å². The molecule has 1 aliphatic rings. The summed E-state index contributed by atoms with van der Waals surface area (Å²) in [5.41, 5.74) is 6.84. The van der Waals surface area contributed by atoms with Crippen LogP contribution in [0, 0.1) is 5.92 Å². The second-order valence-corrected chi connectivity index (χ2v) is 6.09. The zero-order valence-corrected chi connectivity index (χ0v) is 14.4. The first-order chi connectivity index (χ1) is 12.6. The van der Waals surface area contributed by atoms with Crippen LogP contribution in [0.2, 0.25) is 0 Å². The molecule has 1 aliphatic heterocycles. The fraction of sp³-hybridized carbons (Fsp3) is 0.263. The normalized spacial score (nSPS) is 16.4. The van der Waals surface area contributed by atoms with Crippen LogP contribution < -0.4 is 15.8 Å². The molecule has 26 heavy (non-hydrogen) atoms. The summed E-state index contributed by atoms with van der Waals surface area (Å²) in [6.07, 6.45) is 2.48. The maximum Gasteiger partial charge on any atom is 0.288 e. The monoisotopic (exact) mass is 352 g/mol. The van der Waals surface area contributed by atoms with Crippen LogP contribution in [-0.2, 0) is 16.0 Å². The Morgan fingerprint density at radius 1 is 1.19 bits per heavy atom. The molecule has 134 valence electrons. The van der Waals surface area contributed by atoms with Crippen molar-refractivity contribution in [2.45, 2.75) is 19.8 Å². The molecule has 3 rings (SSSR count). The van der Waals surface area contributed by atoms with Gasteiger partial charge in [-0.2, -0.15) is 0 Å². The molecular formula is C19H20N4O3. The number of anilines is 1. The third-order valence-corrected chi connectivity index (χ3v) is 4.32. The van der Waals surface area contributed by atoms with Crippen molar-refractivity contribution in [1.29, 1.82) is 0 Å². The lowest BCUT2D eigenvalue weighted by molar-refractivity contribution is -0.126. The van der Waals surface area contributed by atoms with Gasteiger partial charge in [-0.25, -0.2) is 0 Å². The van der Waals surface area contributed by atoms with E-state index in [1.807, 2.05) is 31.2 Å². The van der Waals surface area contributed by atoms with Crippen molar-refractivity contribution in [2.75, 3.05) is 11.4 Å². The van der Waals surface area contributed by atoms with Crippen molar-refractivity contribution >= 4 is 23.4 Å². The summed E-state index contributed by atoms with van der Waals surface area (Å²) in [4.78, 5) is 42.0. The minimum atomic E-state index is -0.517. The Bertz CT molecular complexity index is 823. The van der Waals surface area contributed by atoms with Gasteiger partial charge in [-0.1, -0.05) is 25.1 Å². The molecular weight excluding hydrogens is 332 g/mol. The highest BCUT2D eigenvalue weighted by atomic mass is 16.2. The third-order valence-electron chi connectivity index (χ3n) is 4.32. The first-order valence-corrected chi connectivity index (χ1v) is 8.49. The lowest BCUT2D eigenvalue weighted by atomic mass is 10.1. The van der Waals surface area contributed by atoms with Gasteiger partial charge in [0.1, 0.15) is 5.69 Å². The second kappa shape index (κ2) is 7.77. The van der Waals surface area contributed by atoms with E-state index in [9.17, 15) is 14.4 Å². The van der Waals surface area contributed by atoms with Crippen molar-refractivity contribution in [2.24, 2.45) is 5.92 Å². The molecule has 1 atom stereocenters. The Morgan fingerprint density at radius 3 is 2.77 bits per heavy atom. The fourth-order valence-electron chi connectivity index (χ4n) is 2.86. The van der Waals surface area contributed by atoms with Gasteiger partial charge < -0.3 is 4.90 Å². The molecule has 7 nitrogen and oxygen atoms in total. The number of nitrogens with one attached hydrogen (secondary N) is 2. The topological polar surface area (TPSA) is 91.4 Å². The summed E-state index contributed by atoms with van der Waals surface area (Å²) in [6.45, 7) is 2.34. The third kappa shape index (κ3) is 3.88. The lowest BCUT2D eigenvalue weighted by Gasteiger charge is -2.17. The van der Waals surface area contributed by atoms with E-state index >= 15 is 0 Å². The van der Waals surface area contributed by atoms with Crippen LogP contribution in [0.3, 0.4) is 0 Å². The number of hydrazine groups is 1. The Labute approximate surface area is 151 Å². The number of pyridine rings is 1. The quantitative estimate of drug-likeness (QED) is 0.815. The van der Waals surface area contributed by atoms with Gasteiger partial charge in [0.25, 0.3) is 5.91 Å². The Kier molecular flexibility index (Phi) is 5.26. The van der Waals surface area contributed by atoms with Gasteiger partial charge >= 0.3 is 0 Å². The zero-order valence-electron chi connectivity index (χ0n) is 14.4. The van der Waals surface area contributed by atoms with Gasteiger partial charge in [0, 0.05) is 24.8 Å². The maximum absolute atomic E-state index is 12.3. The summed E-state index contributed by atoms with van der Waals surface area (Å²) in [6, 6.07) is 12.6. The summed E-state index contributed by atoms with van der Waals surface area (Å²) in [7, 11) is 0. The largest absolute Gasteiger partial charge is 0.312 e. The number of hydrogen-bond donors (Lipinski definition) is 2. The van der Waals surface area contributed by atoms with Gasteiger partial charge in [-0.15, -0.1) is 0 Å². The van der Waals surface area contributed by atoms with Crippen LogP contribution in [0.25, 0.3) is 0 Å². The Hall–Kier alpha value is -3.22. The van der Waals surface area contributed by atoms with Crippen LogP contribution in [-0.4, -0.2) is 29.3 Å². The molecule has 0 spiro atoms. The summed E-state index contributed by atoms with van der Waals surface area (Å²) < 4.78 is 0. The molecule has 0 saturated carbocycles. The minimum Gasteiger partial charge on any atom is -0.312 e. The van der Waals surface area contributed by atoms with Crippen LogP contribution in [0.5, 0.6) is 0 Å². The van der Waals surface area contributed by atoms with E-state index < -0.39 is 17.7 Å². The van der Waals surface area contributed by atoms with Crippen molar-refractivity contribution in [3.05, 3.63) is 59.9 Å². The molecule has 0 bridgehead atoms. The Morgan fingerprint density at radius 2 is 2.04 bits per heavy atom. The molecule has 1 saturated heterocycles. The van der Waals surface area contributed by atoms with Crippen LogP contribution in [0.1, 0.15) is 29.4 Å². The SMILES string of the molecule is CCc1cccc(N2CC(C(=O)NNC(=O)c3ccccn3)CC2=O)c1. The van der Waals surface area contributed by atoms with Crippen molar-refractivity contribution < 1.29 is 14.4 Å². The van der Waals surface area contributed by atoms with Crippen molar-refractivity contribution in [1.82, 2.24) is 15.8 Å². The molecule has 2 heterocycles. The molecule has 7 heteroatoms. The highest BCUT2D eigenvalue weighted by molar-refractivity contribution is 6.01. The zero-order chi connectivity index (χ0) is 18.5. The number of carbonyl (C=O) groups excluding carboxylic acids is 3. The predicted molar refractivity (Wildman–Crippen MR) is 96.1 cm³/mol. The molecule has 3 amide bonds. The summed E-state index contributed by atoms with van der Waals surface area (Å²) >= 11 is 0. The van der Waals surface area contributed by atoms with E-state index in [1.54, 1.807) is 23.1 Å². The van der Waals surface area contributed by atoms with E-state index in [2.05, 4.69) is 15.8 Å². The molecule has 0 radical (unpaired) electrons. The molecule has 1 aromatic heterocycles. The number of aryl methyl sites for hydroxylation is 1. The second-order valence-electron chi connectivity index (χ2n) is 6.09. The van der Waals surface area contributed by atoms with E-state index in [0.717, 1.165) is 17.7 Å². The van der Waals surface area contributed by atoms with Gasteiger partial charge in [0.05, 0.1) is 5.92 Å². The highest BCUT2D eigenvalue weighted by Crippen LogP contribution is 2.26. The number of nitrogens with zero attached hydrogens (tertiary/aromatic N) is 2. The van der Waals surface area contributed by atoms with Crippen LogP contribution in [0.15, 0.2) is 48.7 Å². The number of hydrogen-bond acceptors (Lipinski definition) is 4. The molecule has 0 aliphatic carbocycles. The number of aromatic nitrogens is 1. The lowest BCUT2D eigenvalue weighted by Crippen LogP contribution is -2.45. The number of amides is 3. The predicted octanol–water partition coefficient (Wildman–Crippen LogP) is 1.46. The highest BCUT2D eigenvalue weighted by Gasteiger charge is 2.35. The van der Waals surface area contributed by atoms with E-state index in [1.165, 1.54) is 6.20 Å². The molecule has 1 fully saturated rings. The van der Waals surface area contributed by atoms with Gasteiger partial charge in [-0.05, 0) is 36.2 Å². The maximum atomic E-state index is 12.3. The van der Waals surface area contributed by atoms with E-state index in [4.69, 9.17) is 0 Å². The van der Waals surface area contributed by atoms with Gasteiger partial charge in [0.15, 0.2) is 0 Å². The smallest absolute Gasteiger partial charge is 0.288 e. The van der Waals surface area contributed by atoms with Gasteiger partial charge in [-0.3, -0.25) is 30.2 Å². The Balaban J connectivity index is 1.59. The average molecular weight is 352 g/mol. The summed E-state index contributed by atoms with van der Waals surface area (Å²) in [5.74, 6) is -1.51. The molecule has 1 unspecified atom stereocenters.